The van der Waals surface area contributed by atoms with Gasteiger partial charge in [-0.2, -0.15) is 0 Å². The van der Waals surface area contributed by atoms with Crippen LogP contribution in [0.15, 0.2) is 36.4 Å². The van der Waals surface area contributed by atoms with Crippen LogP contribution >= 0.6 is 11.6 Å². The molecule has 19 heavy (non-hydrogen) atoms. The fourth-order valence-electron chi connectivity index (χ4n) is 1.54. The standard InChI is InChI=1S/C13H12ClN3O2/c14-9-5-6-12(15)17-10(9)7-19-11-4-2-1-3-8(11)13(16)18/h1-6H,7H2,(H2,15,17)(H2,16,18). The second-order valence-electron chi connectivity index (χ2n) is 3.81. The molecule has 0 aliphatic carbocycles. The number of primary amides is 1. The minimum atomic E-state index is -0.553. The number of aromatic nitrogens is 1. The van der Waals surface area contributed by atoms with Crippen LogP contribution in [0.2, 0.25) is 5.02 Å². The third-order valence-electron chi connectivity index (χ3n) is 2.46. The molecule has 0 saturated carbocycles. The van der Waals surface area contributed by atoms with E-state index in [1.807, 2.05) is 0 Å². The number of nitrogens with zero attached hydrogens (tertiary/aromatic N) is 1. The number of hydrogen-bond donors (Lipinski definition) is 2. The molecular weight excluding hydrogens is 266 g/mol. The number of rotatable bonds is 4. The quantitative estimate of drug-likeness (QED) is 0.894. The average molecular weight is 278 g/mol. The van der Waals surface area contributed by atoms with Crippen LogP contribution in [0.25, 0.3) is 0 Å². The van der Waals surface area contributed by atoms with Crippen molar-refractivity contribution in [3.63, 3.8) is 0 Å². The molecule has 1 heterocycles. The van der Waals surface area contributed by atoms with Crippen LogP contribution in [-0.2, 0) is 6.61 Å². The first-order valence-corrected chi connectivity index (χ1v) is 5.88. The van der Waals surface area contributed by atoms with E-state index in [4.69, 9.17) is 27.8 Å². The number of pyridine rings is 1. The van der Waals surface area contributed by atoms with E-state index in [1.165, 1.54) is 0 Å². The molecule has 1 amide bonds. The van der Waals surface area contributed by atoms with Crippen molar-refractivity contribution >= 4 is 23.3 Å². The summed E-state index contributed by atoms with van der Waals surface area (Å²) in [5.41, 5.74) is 11.6. The van der Waals surface area contributed by atoms with Gasteiger partial charge in [0.2, 0.25) is 0 Å². The summed E-state index contributed by atoms with van der Waals surface area (Å²) >= 11 is 5.98. The van der Waals surface area contributed by atoms with E-state index in [2.05, 4.69) is 4.98 Å². The van der Waals surface area contributed by atoms with Crippen LogP contribution in [0.5, 0.6) is 5.75 Å². The lowest BCUT2D eigenvalue weighted by Crippen LogP contribution is -2.13. The number of carbonyl (C=O) groups is 1. The van der Waals surface area contributed by atoms with Crippen LogP contribution in [0.1, 0.15) is 16.1 Å². The van der Waals surface area contributed by atoms with Gasteiger partial charge in [-0.25, -0.2) is 4.98 Å². The number of carbonyl (C=O) groups excluding carboxylic acids is 1. The molecule has 0 unspecified atom stereocenters. The fourth-order valence-corrected chi connectivity index (χ4v) is 1.70. The molecule has 0 aliphatic heterocycles. The predicted molar refractivity (Wildman–Crippen MR) is 73.0 cm³/mol. The molecule has 0 fully saturated rings. The van der Waals surface area contributed by atoms with E-state index in [0.717, 1.165) is 0 Å². The summed E-state index contributed by atoms with van der Waals surface area (Å²) in [4.78, 5) is 15.3. The van der Waals surface area contributed by atoms with Gasteiger partial charge in [0.15, 0.2) is 0 Å². The minimum absolute atomic E-state index is 0.105. The summed E-state index contributed by atoms with van der Waals surface area (Å²) in [6, 6.07) is 9.94. The zero-order valence-electron chi connectivity index (χ0n) is 9.97. The molecule has 1 aromatic heterocycles. The lowest BCUT2D eigenvalue weighted by atomic mass is 10.2. The van der Waals surface area contributed by atoms with Crippen LogP contribution in [0, 0.1) is 0 Å². The van der Waals surface area contributed by atoms with Crippen molar-refractivity contribution in [3.05, 3.63) is 52.7 Å². The first-order valence-electron chi connectivity index (χ1n) is 5.50. The molecule has 2 rings (SSSR count). The first kappa shape index (κ1) is 13.2. The summed E-state index contributed by atoms with van der Waals surface area (Å²) in [6.45, 7) is 0.105. The molecule has 0 saturated heterocycles. The van der Waals surface area contributed by atoms with Gasteiger partial charge >= 0.3 is 0 Å². The topological polar surface area (TPSA) is 91.2 Å². The highest BCUT2D eigenvalue weighted by molar-refractivity contribution is 6.31. The molecule has 0 spiro atoms. The Balaban J connectivity index is 2.19. The van der Waals surface area contributed by atoms with Gasteiger partial charge in [-0.3, -0.25) is 4.79 Å². The smallest absolute Gasteiger partial charge is 0.252 e. The number of anilines is 1. The molecule has 2 aromatic rings. The Hall–Kier alpha value is -2.27. The fraction of sp³-hybridized carbons (Fsp3) is 0.0769. The number of benzene rings is 1. The van der Waals surface area contributed by atoms with Crippen molar-refractivity contribution in [2.75, 3.05) is 5.73 Å². The van der Waals surface area contributed by atoms with Gasteiger partial charge in [0.1, 0.15) is 18.2 Å². The molecule has 0 bridgehead atoms. The van der Waals surface area contributed by atoms with E-state index < -0.39 is 5.91 Å². The van der Waals surface area contributed by atoms with E-state index in [1.54, 1.807) is 36.4 Å². The van der Waals surface area contributed by atoms with Crippen LogP contribution in [-0.4, -0.2) is 10.9 Å². The molecule has 0 atom stereocenters. The lowest BCUT2D eigenvalue weighted by Gasteiger charge is -2.10. The maximum atomic E-state index is 11.2. The van der Waals surface area contributed by atoms with Gasteiger partial charge in [0, 0.05) is 0 Å². The highest BCUT2D eigenvalue weighted by Gasteiger charge is 2.10. The van der Waals surface area contributed by atoms with Crippen molar-refractivity contribution in [1.29, 1.82) is 0 Å². The van der Waals surface area contributed by atoms with E-state index in [9.17, 15) is 4.79 Å². The SMILES string of the molecule is NC(=O)c1ccccc1OCc1nc(N)ccc1Cl. The van der Waals surface area contributed by atoms with Gasteiger partial charge < -0.3 is 16.2 Å². The highest BCUT2D eigenvalue weighted by Crippen LogP contribution is 2.21. The summed E-state index contributed by atoms with van der Waals surface area (Å²) in [7, 11) is 0. The van der Waals surface area contributed by atoms with Crippen molar-refractivity contribution in [1.82, 2.24) is 4.98 Å². The summed E-state index contributed by atoms with van der Waals surface area (Å²) in [5.74, 6) is 0.184. The Morgan fingerprint density at radius 3 is 2.74 bits per heavy atom. The second kappa shape index (κ2) is 5.58. The Kier molecular flexibility index (Phi) is 3.87. The molecule has 5 nitrogen and oxygen atoms in total. The number of nitrogens with two attached hydrogens (primary N) is 2. The van der Waals surface area contributed by atoms with Crippen molar-refractivity contribution in [2.45, 2.75) is 6.61 Å². The Morgan fingerprint density at radius 1 is 1.26 bits per heavy atom. The Morgan fingerprint density at radius 2 is 2.00 bits per heavy atom. The summed E-state index contributed by atoms with van der Waals surface area (Å²) in [6.07, 6.45) is 0. The highest BCUT2D eigenvalue weighted by atomic mass is 35.5. The largest absolute Gasteiger partial charge is 0.486 e. The van der Waals surface area contributed by atoms with E-state index >= 15 is 0 Å². The summed E-state index contributed by atoms with van der Waals surface area (Å²) in [5, 5.41) is 0.450. The zero-order valence-corrected chi connectivity index (χ0v) is 10.7. The summed E-state index contributed by atoms with van der Waals surface area (Å²) < 4.78 is 5.52. The maximum Gasteiger partial charge on any atom is 0.252 e. The number of amides is 1. The van der Waals surface area contributed by atoms with Crippen molar-refractivity contribution in [2.24, 2.45) is 5.73 Å². The minimum Gasteiger partial charge on any atom is -0.486 e. The van der Waals surface area contributed by atoms with Crippen LogP contribution < -0.4 is 16.2 Å². The number of hydrogen-bond acceptors (Lipinski definition) is 4. The molecular formula is C13H12ClN3O2. The van der Waals surface area contributed by atoms with Gasteiger partial charge in [0.25, 0.3) is 5.91 Å². The number of para-hydroxylation sites is 1. The molecule has 0 aliphatic rings. The van der Waals surface area contributed by atoms with Gasteiger partial charge in [-0.05, 0) is 24.3 Å². The Bertz CT molecular complexity index is 617. The van der Waals surface area contributed by atoms with Crippen molar-refractivity contribution in [3.8, 4) is 5.75 Å². The zero-order chi connectivity index (χ0) is 13.8. The van der Waals surface area contributed by atoms with Gasteiger partial charge in [-0.15, -0.1) is 0 Å². The van der Waals surface area contributed by atoms with Crippen molar-refractivity contribution < 1.29 is 9.53 Å². The maximum absolute atomic E-state index is 11.2. The second-order valence-corrected chi connectivity index (χ2v) is 4.22. The molecule has 1 aromatic carbocycles. The van der Waals surface area contributed by atoms with Gasteiger partial charge in [-0.1, -0.05) is 23.7 Å². The third-order valence-corrected chi connectivity index (χ3v) is 2.80. The predicted octanol–water partition coefficient (Wildman–Crippen LogP) is 2.00. The average Bonchev–Trinajstić information content (AvgIpc) is 2.40. The number of ether oxygens (including phenoxy) is 1. The third kappa shape index (κ3) is 3.14. The molecule has 0 radical (unpaired) electrons. The van der Waals surface area contributed by atoms with Crippen LogP contribution in [0.4, 0.5) is 5.82 Å². The molecule has 98 valence electrons. The monoisotopic (exact) mass is 277 g/mol. The van der Waals surface area contributed by atoms with E-state index in [-0.39, 0.29) is 6.61 Å². The normalized spacial score (nSPS) is 10.2. The van der Waals surface area contributed by atoms with Gasteiger partial charge in [0.05, 0.1) is 16.3 Å². The Labute approximate surface area is 115 Å². The number of halogens is 1. The van der Waals surface area contributed by atoms with Crippen LogP contribution in [0.3, 0.4) is 0 Å². The lowest BCUT2D eigenvalue weighted by molar-refractivity contribution is 0.0996. The first-order chi connectivity index (χ1) is 9.08. The molecule has 4 N–H and O–H groups in total. The molecule has 6 heteroatoms. The number of nitrogen functional groups attached to an aromatic ring is 1. The van der Waals surface area contributed by atoms with E-state index in [0.29, 0.717) is 27.8 Å².